The summed E-state index contributed by atoms with van der Waals surface area (Å²) >= 11 is 6.35. The number of hydrogen-bond donors (Lipinski definition) is 1. The van der Waals surface area contributed by atoms with E-state index in [2.05, 4.69) is 69.1 Å². The van der Waals surface area contributed by atoms with Gasteiger partial charge in [-0.05, 0) is 30.5 Å². The van der Waals surface area contributed by atoms with Gasteiger partial charge in [-0.1, -0.05) is 48.9 Å². The summed E-state index contributed by atoms with van der Waals surface area (Å²) in [4.78, 5) is 17.1. The first-order valence-electron chi connectivity index (χ1n) is 9.11. The number of hydrogen-bond acceptors (Lipinski definition) is 4. The molecule has 0 amide bonds. The molecule has 0 radical (unpaired) electrons. The Labute approximate surface area is 159 Å². The summed E-state index contributed by atoms with van der Waals surface area (Å²) in [6.07, 6.45) is 3.01. The number of benzene rings is 1. The lowest BCUT2D eigenvalue weighted by Gasteiger charge is -2.41. The molecule has 3 heterocycles. The van der Waals surface area contributed by atoms with E-state index in [4.69, 9.17) is 11.6 Å². The van der Waals surface area contributed by atoms with Crippen LogP contribution in [0, 0.1) is 5.92 Å². The van der Waals surface area contributed by atoms with E-state index in [0.717, 1.165) is 30.7 Å². The zero-order valence-electron chi connectivity index (χ0n) is 15.2. The fourth-order valence-corrected chi connectivity index (χ4v) is 4.03. The highest BCUT2D eigenvalue weighted by Gasteiger charge is 2.30. The van der Waals surface area contributed by atoms with Gasteiger partial charge in [-0.3, -0.25) is 4.90 Å². The van der Waals surface area contributed by atoms with Crippen LogP contribution in [0.15, 0.2) is 42.6 Å². The van der Waals surface area contributed by atoms with Crippen LogP contribution >= 0.6 is 11.6 Å². The van der Waals surface area contributed by atoms with E-state index >= 15 is 0 Å². The molecule has 1 saturated heterocycles. The minimum Gasteiger partial charge on any atom is -0.346 e. The number of nitrogens with one attached hydrogen (secondary N) is 1. The Morgan fingerprint density at radius 1 is 1.23 bits per heavy atom. The number of halogens is 1. The normalized spacial score (nSPS) is 21.2. The van der Waals surface area contributed by atoms with Gasteiger partial charge in [-0.25, -0.2) is 4.98 Å². The smallest absolute Gasteiger partial charge is 0.228 e. The predicted octanol–water partition coefficient (Wildman–Crippen LogP) is 3.96. The molecule has 1 N–H and O–H groups in total. The van der Waals surface area contributed by atoms with Crippen molar-refractivity contribution in [2.45, 2.75) is 25.9 Å². The minimum atomic E-state index is 0.357. The molecular formula is C20H24ClN5. The standard InChI is InChI=1S/C20H24ClN5/c1-14-9-11-26(12-15-6-4-3-5-7-15)13-17(14)25(2)20-23-18(21)16-8-10-22-19(16)24-20/h3-8,10,14,17H,9,11-13H2,1-2H3,(H,22,23,24)/t14-,17+/m1/s1. The molecule has 0 spiro atoms. The van der Waals surface area contributed by atoms with Crippen LogP contribution in [0.1, 0.15) is 18.9 Å². The van der Waals surface area contributed by atoms with Crippen molar-refractivity contribution < 1.29 is 0 Å². The summed E-state index contributed by atoms with van der Waals surface area (Å²) in [7, 11) is 2.08. The lowest BCUT2D eigenvalue weighted by atomic mass is 9.92. The maximum Gasteiger partial charge on any atom is 0.228 e. The summed E-state index contributed by atoms with van der Waals surface area (Å²) in [6, 6.07) is 12.9. The van der Waals surface area contributed by atoms with Crippen LogP contribution in [-0.4, -0.2) is 46.0 Å². The van der Waals surface area contributed by atoms with Crippen LogP contribution in [0.5, 0.6) is 0 Å². The van der Waals surface area contributed by atoms with Gasteiger partial charge in [0.2, 0.25) is 5.95 Å². The Kier molecular flexibility index (Phi) is 4.83. The molecule has 0 aliphatic carbocycles. The molecule has 1 fully saturated rings. The van der Waals surface area contributed by atoms with Gasteiger partial charge in [0.25, 0.3) is 0 Å². The molecule has 1 aliphatic heterocycles. The molecule has 5 nitrogen and oxygen atoms in total. The first kappa shape index (κ1) is 17.3. The number of aromatic amines is 1. The summed E-state index contributed by atoms with van der Waals surface area (Å²) < 4.78 is 0. The van der Waals surface area contributed by atoms with Crippen LogP contribution in [0.25, 0.3) is 11.0 Å². The second-order valence-corrected chi connectivity index (χ2v) is 7.58. The molecule has 26 heavy (non-hydrogen) atoms. The third-order valence-electron chi connectivity index (χ3n) is 5.42. The van der Waals surface area contributed by atoms with Crippen molar-refractivity contribution in [2.75, 3.05) is 25.0 Å². The first-order chi connectivity index (χ1) is 12.6. The van der Waals surface area contributed by atoms with E-state index in [0.29, 0.717) is 23.1 Å². The molecule has 6 heteroatoms. The summed E-state index contributed by atoms with van der Waals surface area (Å²) in [5, 5.41) is 1.37. The second kappa shape index (κ2) is 7.25. The predicted molar refractivity (Wildman–Crippen MR) is 107 cm³/mol. The van der Waals surface area contributed by atoms with Crippen molar-refractivity contribution in [3.63, 3.8) is 0 Å². The zero-order valence-corrected chi connectivity index (χ0v) is 15.9. The Hall–Kier alpha value is -2.11. The third kappa shape index (κ3) is 3.41. The molecule has 0 saturated carbocycles. The molecule has 4 rings (SSSR count). The van der Waals surface area contributed by atoms with E-state index in [1.54, 1.807) is 0 Å². The van der Waals surface area contributed by atoms with Gasteiger partial charge in [0.05, 0.1) is 5.39 Å². The first-order valence-corrected chi connectivity index (χ1v) is 9.49. The lowest BCUT2D eigenvalue weighted by Crippen LogP contribution is -2.51. The number of nitrogens with zero attached hydrogens (tertiary/aromatic N) is 4. The summed E-state index contributed by atoms with van der Waals surface area (Å²) in [6.45, 7) is 5.42. The van der Waals surface area contributed by atoms with Crippen molar-refractivity contribution in [3.8, 4) is 0 Å². The molecule has 1 aliphatic rings. The summed E-state index contributed by atoms with van der Waals surface area (Å²) in [5.74, 6) is 1.26. The van der Waals surface area contributed by atoms with Gasteiger partial charge >= 0.3 is 0 Å². The topological polar surface area (TPSA) is 48.0 Å². The quantitative estimate of drug-likeness (QED) is 0.707. The number of fused-ring (bicyclic) bond motifs is 1. The SMILES string of the molecule is C[C@@H]1CCN(Cc2ccccc2)C[C@@H]1N(C)c1nc(Cl)c2cc[nH]c2n1. The van der Waals surface area contributed by atoms with Gasteiger partial charge in [0.1, 0.15) is 10.8 Å². The largest absolute Gasteiger partial charge is 0.346 e. The Bertz CT molecular complexity index is 878. The van der Waals surface area contributed by atoms with Crippen molar-refractivity contribution in [3.05, 3.63) is 53.3 Å². The molecule has 3 aromatic rings. The Morgan fingerprint density at radius 2 is 2.04 bits per heavy atom. The van der Waals surface area contributed by atoms with Crippen LogP contribution in [0.4, 0.5) is 5.95 Å². The van der Waals surface area contributed by atoms with Gasteiger partial charge in [0.15, 0.2) is 0 Å². The van der Waals surface area contributed by atoms with Gasteiger partial charge in [-0.2, -0.15) is 4.98 Å². The average Bonchev–Trinajstić information content (AvgIpc) is 3.13. The fraction of sp³-hybridized carbons (Fsp3) is 0.400. The van der Waals surface area contributed by atoms with E-state index in [-0.39, 0.29) is 0 Å². The van der Waals surface area contributed by atoms with Crippen LogP contribution in [0.3, 0.4) is 0 Å². The van der Waals surface area contributed by atoms with Crippen LogP contribution in [0.2, 0.25) is 5.15 Å². The van der Waals surface area contributed by atoms with Crippen molar-refractivity contribution in [1.82, 2.24) is 19.9 Å². The number of piperidine rings is 1. The number of anilines is 1. The van der Waals surface area contributed by atoms with Crippen LogP contribution in [-0.2, 0) is 6.54 Å². The van der Waals surface area contributed by atoms with E-state index in [1.807, 2.05) is 12.3 Å². The van der Waals surface area contributed by atoms with Crippen molar-refractivity contribution >= 4 is 28.6 Å². The van der Waals surface area contributed by atoms with Gasteiger partial charge < -0.3 is 9.88 Å². The molecular weight excluding hydrogens is 346 g/mol. The minimum absolute atomic E-state index is 0.357. The maximum absolute atomic E-state index is 6.35. The average molecular weight is 370 g/mol. The van der Waals surface area contributed by atoms with Crippen molar-refractivity contribution in [1.29, 1.82) is 0 Å². The Balaban J connectivity index is 1.54. The monoisotopic (exact) mass is 369 g/mol. The number of likely N-dealkylation sites (tertiary alicyclic amines) is 1. The lowest BCUT2D eigenvalue weighted by molar-refractivity contribution is 0.158. The second-order valence-electron chi connectivity index (χ2n) is 7.22. The zero-order chi connectivity index (χ0) is 18.1. The fourth-order valence-electron chi connectivity index (χ4n) is 3.80. The highest BCUT2D eigenvalue weighted by molar-refractivity contribution is 6.34. The van der Waals surface area contributed by atoms with E-state index in [1.165, 1.54) is 12.0 Å². The van der Waals surface area contributed by atoms with Gasteiger partial charge in [-0.15, -0.1) is 0 Å². The highest BCUT2D eigenvalue weighted by atomic mass is 35.5. The summed E-state index contributed by atoms with van der Waals surface area (Å²) in [5.41, 5.74) is 2.15. The number of H-pyrrole nitrogens is 1. The van der Waals surface area contributed by atoms with E-state index < -0.39 is 0 Å². The molecule has 2 aromatic heterocycles. The number of likely N-dealkylation sites (N-methyl/N-ethyl adjacent to an activating group) is 1. The molecule has 2 atom stereocenters. The maximum atomic E-state index is 6.35. The highest BCUT2D eigenvalue weighted by Crippen LogP contribution is 2.27. The molecule has 0 unspecified atom stereocenters. The van der Waals surface area contributed by atoms with Crippen LogP contribution < -0.4 is 4.90 Å². The number of rotatable bonds is 4. The third-order valence-corrected chi connectivity index (χ3v) is 5.71. The number of aromatic nitrogens is 3. The molecule has 0 bridgehead atoms. The van der Waals surface area contributed by atoms with Crippen molar-refractivity contribution in [2.24, 2.45) is 5.92 Å². The molecule has 1 aromatic carbocycles. The molecule has 136 valence electrons. The Morgan fingerprint density at radius 3 is 2.85 bits per heavy atom. The van der Waals surface area contributed by atoms with Gasteiger partial charge in [0, 0.05) is 32.4 Å². The van der Waals surface area contributed by atoms with E-state index in [9.17, 15) is 0 Å².